The van der Waals surface area contributed by atoms with E-state index in [1.54, 1.807) is 0 Å². The minimum atomic E-state index is -0.668. The summed E-state index contributed by atoms with van der Waals surface area (Å²) in [5, 5.41) is -0.289. The Morgan fingerprint density at radius 3 is 2.44 bits per heavy atom. The van der Waals surface area contributed by atoms with Crippen LogP contribution in [0.5, 0.6) is 5.75 Å². The molecular weight excluding hydrogens is 485 g/mol. The van der Waals surface area contributed by atoms with Gasteiger partial charge in [-0.3, -0.25) is 14.5 Å². The Morgan fingerprint density at radius 2 is 1.81 bits per heavy atom. The van der Waals surface area contributed by atoms with E-state index < -0.39 is 23.1 Å². The van der Waals surface area contributed by atoms with Gasteiger partial charge in [-0.25, -0.2) is 9.59 Å². The molecule has 1 fully saturated rings. The van der Waals surface area contributed by atoms with Crippen LogP contribution in [0, 0.1) is 0 Å². The Bertz CT molecular complexity index is 1100. The minimum Gasteiger partial charge on any atom is -0.479 e. The van der Waals surface area contributed by atoms with Crippen LogP contribution in [0.2, 0.25) is 10.0 Å². The topological polar surface area (TPSA) is 112 Å². The van der Waals surface area contributed by atoms with Crippen molar-refractivity contribution in [2.75, 3.05) is 20.8 Å². The van der Waals surface area contributed by atoms with Gasteiger partial charge in [-0.05, 0) is 47.7 Å². The lowest BCUT2D eigenvalue weighted by molar-refractivity contribution is -0.142. The second-order valence-electron chi connectivity index (χ2n) is 6.20. The molecule has 0 bridgehead atoms. The average molecular weight is 500 g/mol. The number of rotatable bonds is 7. The number of hydrogen-bond acceptors (Lipinski definition) is 9. The van der Waals surface area contributed by atoms with Gasteiger partial charge >= 0.3 is 11.9 Å². The molecule has 1 aromatic heterocycles. The van der Waals surface area contributed by atoms with E-state index >= 15 is 0 Å². The summed E-state index contributed by atoms with van der Waals surface area (Å²) in [5.74, 6) is -1.53. The van der Waals surface area contributed by atoms with Gasteiger partial charge in [0, 0.05) is 0 Å². The number of imide groups is 1. The maximum absolute atomic E-state index is 12.7. The summed E-state index contributed by atoms with van der Waals surface area (Å²) in [6.07, 6.45) is 1.45. The number of methoxy groups -OCH3 is 2. The number of ether oxygens (including phenoxy) is 3. The maximum Gasteiger partial charge on any atom is 0.373 e. The molecule has 0 saturated carbocycles. The molecule has 168 valence electrons. The normalized spacial score (nSPS) is 14.8. The second kappa shape index (κ2) is 10.1. The standard InChI is InChI=1S/C20H15Cl2NO8S/c1-28-16(24)9-30-17-12(21)5-10(6-13(17)22)7-15-18(25)23(20(27)32-15)8-11-3-4-14(31-11)19(26)29-2/h3-7H,8-9H2,1-2H3/b15-7+. The van der Waals surface area contributed by atoms with Crippen LogP contribution in [0.3, 0.4) is 0 Å². The third-order valence-corrected chi connectivity index (χ3v) is 5.59. The highest BCUT2D eigenvalue weighted by atomic mass is 35.5. The third-order valence-electron chi connectivity index (χ3n) is 4.12. The molecule has 12 heteroatoms. The van der Waals surface area contributed by atoms with E-state index in [1.165, 1.54) is 44.6 Å². The number of hydrogen-bond donors (Lipinski definition) is 0. The second-order valence-corrected chi connectivity index (χ2v) is 8.01. The van der Waals surface area contributed by atoms with Gasteiger partial charge in [-0.2, -0.15) is 0 Å². The molecule has 3 rings (SSSR count). The first kappa shape index (κ1) is 23.7. The predicted octanol–water partition coefficient (Wildman–Crippen LogP) is 4.16. The van der Waals surface area contributed by atoms with Gasteiger partial charge in [0.25, 0.3) is 11.1 Å². The molecule has 0 radical (unpaired) electrons. The zero-order valence-electron chi connectivity index (χ0n) is 16.7. The fourth-order valence-corrected chi connectivity index (χ4v) is 4.06. The van der Waals surface area contributed by atoms with Crippen molar-refractivity contribution in [2.24, 2.45) is 0 Å². The van der Waals surface area contributed by atoms with Gasteiger partial charge < -0.3 is 18.6 Å². The number of carbonyl (C=O) groups excluding carboxylic acids is 4. The predicted molar refractivity (Wildman–Crippen MR) is 116 cm³/mol. The number of carbonyl (C=O) groups is 4. The zero-order valence-corrected chi connectivity index (χ0v) is 19.0. The van der Waals surface area contributed by atoms with Crippen molar-refractivity contribution in [3.8, 4) is 5.75 Å². The fraction of sp³-hybridized carbons (Fsp3) is 0.200. The largest absolute Gasteiger partial charge is 0.479 e. The van der Waals surface area contributed by atoms with Crippen LogP contribution in [-0.4, -0.2) is 48.8 Å². The summed E-state index contributed by atoms with van der Waals surface area (Å²) in [5.41, 5.74) is 0.446. The molecular formula is C20H15Cl2NO8S. The quantitative estimate of drug-likeness (QED) is 0.409. The van der Waals surface area contributed by atoms with Gasteiger partial charge in [-0.15, -0.1) is 0 Å². The van der Waals surface area contributed by atoms with Crippen LogP contribution < -0.4 is 4.74 Å². The number of furan rings is 1. The third kappa shape index (κ3) is 5.26. The van der Waals surface area contributed by atoms with Gasteiger partial charge in [0.15, 0.2) is 12.4 Å². The van der Waals surface area contributed by atoms with Crippen molar-refractivity contribution >= 4 is 64.1 Å². The summed E-state index contributed by atoms with van der Waals surface area (Å²) in [6.45, 7) is -0.528. The van der Waals surface area contributed by atoms with Crippen molar-refractivity contribution in [2.45, 2.75) is 6.54 Å². The lowest BCUT2D eigenvalue weighted by Gasteiger charge is -2.10. The summed E-state index contributed by atoms with van der Waals surface area (Å²) >= 11 is 13.1. The monoisotopic (exact) mass is 499 g/mol. The van der Waals surface area contributed by atoms with Gasteiger partial charge in [0.1, 0.15) is 5.76 Å². The molecule has 1 aliphatic heterocycles. The lowest BCUT2D eigenvalue weighted by atomic mass is 10.2. The highest BCUT2D eigenvalue weighted by molar-refractivity contribution is 8.18. The summed E-state index contributed by atoms with van der Waals surface area (Å²) < 4.78 is 19.6. The summed E-state index contributed by atoms with van der Waals surface area (Å²) in [7, 11) is 2.43. The van der Waals surface area contributed by atoms with E-state index in [4.69, 9.17) is 32.4 Å². The number of halogens is 2. The molecule has 2 heterocycles. The number of amides is 2. The molecule has 2 aromatic rings. The van der Waals surface area contributed by atoms with Crippen LogP contribution >= 0.6 is 35.0 Å². The molecule has 0 atom stereocenters. The number of nitrogens with zero attached hydrogens (tertiary/aromatic N) is 1. The highest BCUT2D eigenvalue weighted by Gasteiger charge is 2.36. The Hall–Kier alpha value is -2.95. The fourth-order valence-electron chi connectivity index (χ4n) is 2.61. The molecule has 1 aliphatic rings. The van der Waals surface area contributed by atoms with E-state index in [0.29, 0.717) is 5.56 Å². The molecule has 0 unspecified atom stereocenters. The molecule has 0 aliphatic carbocycles. The first-order valence-corrected chi connectivity index (χ1v) is 10.4. The van der Waals surface area contributed by atoms with Crippen LogP contribution in [-0.2, 0) is 25.6 Å². The van der Waals surface area contributed by atoms with E-state index in [1.807, 2.05) is 0 Å². The van der Waals surface area contributed by atoms with Crippen molar-refractivity contribution < 1.29 is 37.8 Å². The Kier molecular flexibility index (Phi) is 7.49. The SMILES string of the molecule is COC(=O)COc1c(Cl)cc(/C=C2/SC(=O)N(Cc3ccc(C(=O)OC)o3)C2=O)cc1Cl. The zero-order chi connectivity index (χ0) is 23.4. The van der Waals surface area contributed by atoms with Crippen LogP contribution in [0.15, 0.2) is 33.6 Å². The molecule has 9 nitrogen and oxygen atoms in total. The minimum absolute atomic E-state index is 0.0381. The van der Waals surface area contributed by atoms with Crippen molar-refractivity contribution in [1.29, 1.82) is 0 Å². The summed E-state index contributed by atoms with van der Waals surface area (Å²) in [6, 6.07) is 5.82. The molecule has 32 heavy (non-hydrogen) atoms. The molecule has 0 spiro atoms. The Labute approximate surface area is 196 Å². The molecule has 1 aromatic carbocycles. The smallest absolute Gasteiger partial charge is 0.373 e. The Balaban J connectivity index is 1.76. The number of esters is 2. The highest BCUT2D eigenvalue weighted by Crippen LogP contribution is 2.38. The van der Waals surface area contributed by atoms with E-state index in [-0.39, 0.29) is 45.4 Å². The van der Waals surface area contributed by atoms with Crippen molar-refractivity contribution in [3.05, 3.63) is 56.3 Å². The summed E-state index contributed by atoms with van der Waals surface area (Å²) in [4.78, 5) is 48.9. The van der Waals surface area contributed by atoms with Crippen LogP contribution in [0.4, 0.5) is 4.79 Å². The average Bonchev–Trinajstić information content (AvgIpc) is 3.33. The van der Waals surface area contributed by atoms with Crippen LogP contribution in [0.25, 0.3) is 6.08 Å². The first-order chi connectivity index (χ1) is 15.2. The van der Waals surface area contributed by atoms with E-state index in [2.05, 4.69) is 9.47 Å². The molecule has 2 amide bonds. The molecule has 1 saturated heterocycles. The maximum atomic E-state index is 12.7. The number of thioether (sulfide) groups is 1. The van der Waals surface area contributed by atoms with Crippen molar-refractivity contribution in [3.63, 3.8) is 0 Å². The van der Waals surface area contributed by atoms with Gasteiger partial charge in [0.2, 0.25) is 5.76 Å². The molecule has 0 N–H and O–H groups in total. The first-order valence-electron chi connectivity index (χ1n) is 8.84. The lowest BCUT2D eigenvalue weighted by Crippen LogP contribution is -2.27. The van der Waals surface area contributed by atoms with E-state index in [9.17, 15) is 19.2 Å². The van der Waals surface area contributed by atoms with E-state index in [0.717, 1.165) is 16.7 Å². The van der Waals surface area contributed by atoms with Crippen LogP contribution in [0.1, 0.15) is 21.9 Å². The number of benzene rings is 1. The van der Waals surface area contributed by atoms with Gasteiger partial charge in [0.05, 0.1) is 35.7 Å². The van der Waals surface area contributed by atoms with Gasteiger partial charge in [-0.1, -0.05) is 23.2 Å². The van der Waals surface area contributed by atoms with Crippen molar-refractivity contribution in [1.82, 2.24) is 4.90 Å². The Morgan fingerprint density at radius 1 is 1.12 bits per heavy atom.